The van der Waals surface area contributed by atoms with E-state index in [1.165, 1.54) is 27.4 Å². The molecule has 3 unspecified atom stereocenters. The number of ketones is 1. The van der Waals surface area contributed by atoms with Crippen molar-refractivity contribution in [2.75, 3.05) is 28.4 Å². The molecule has 0 amide bonds. The monoisotopic (exact) mass is 507 g/mol. The van der Waals surface area contributed by atoms with Crippen LogP contribution in [0.15, 0.2) is 65.0 Å². The number of nitrogens with one attached hydrogen (secondary N) is 1. The Morgan fingerprint density at radius 2 is 1.62 bits per heavy atom. The summed E-state index contributed by atoms with van der Waals surface area (Å²) in [4.78, 5) is 40.1. The van der Waals surface area contributed by atoms with Crippen LogP contribution in [0.25, 0.3) is 0 Å². The highest BCUT2D eigenvalue weighted by Crippen LogP contribution is 2.49. The molecule has 2 aliphatic rings. The maximum Gasteiger partial charge on any atom is 0.336 e. The molecule has 9 nitrogen and oxygen atoms in total. The number of hydrogen-bond donors (Lipinski definition) is 2. The Bertz CT molecular complexity index is 1310. The SMILES string of the molecule is COC(=O)C1=C(C)NC2=C(C(=O)C(C(=O)OC)C(c3ccc(OC)cc3)C2)C1c1ccc(O)c(OC)c1. The van der Waals surface area contributed by atoms with Gasteiger partial charge in [-0.3, -0.25) is 9.59 Å². The summed E-state index contributed by atoms with van der Waals surface area (Å²) in [7, 11) is 5.48. The van der Waals surface area contributed by atoms with Gasteiger partial charge in [0.2, 0.25) is 0 Å². The van der Waals surface area contributed by atoms with Gasteiger partial charge < -0.3 is 29.4 Å². The first-order chi connectivity index (χ1) is 17.7. The lowest BCUT2D eigenvalue weighted by Gasteiger charge is -2.39. The van der Waals surface area contributed by atoms with E-state index in [1.807, 2.05) is 12.1 Å². The van der Waals surface area contributed by atoms with Crippen molar-refractivity contribution in [3.63, 3.8) is 0 Å². The van der Waals surface area contributed by atoms with Crippen LogP contribution in [0, 0.1) is 5.92 Å². The number of methoxy groups -OCH3 is 4. The fourth-order valence-corrected chi connectivity index (χ4v) is 5.18. The third-order valence-corrected chi connectivity index (χ3v) is 6.96. The van der Waals surface area contributed by atoms with Crippen LogP contribution < -0.4 is 14.8 Å². The number of allylic oxidation sites excluding steroid dienone is 3. The van der Waals surface area contributed by atoms with E-state index in [0.29, 0.717) is 29.1 Å². The number of carbonyl (C=O) groups excluding carboxylic acids is 3. The number of aromatic hydroxyl groups is 1. The number of phenolic OH excluding ortho intramolecular Hbond substituents is 1. The van der Waals surface area contributed by atoms with Crippen molar-refractivity contribution in [1.82, 2.24) is 5.32 Å². The molecule has 4 rings (SSSR count). The zero-order valence-corrected chi connectivity index (χ0v) is 21.3. The van der Waals surface area contributed by atoms with Crippen molar-refractivity contribution < 1.29 is 38.4 Å². The zero-order chi connectivity index (χ0) is 26.9. The van der Waals surface area contributed by atoms with Crippen molar-refractivity contribution in [3.8, 4) is 17.2 Å². The number of ether oxygens (including phenoxy) is 4. The van der Waals surface area contributed by atoms with E-state index in [9.17, 15) is 19.5 Å². The Balaban J connectivity index is 1.91. The van der Waals surface area contributed by atoms with Gasteiger partial charge >= 0.3 is 11.9 Å². The topological polar surface area (TPSA) is 120 Å². The van der Waals surface area contributed by atoms with E-state index in [0.717, 1.165) is 5.56 Å². The molecule has 0 saturated carbocycles. The van der Waals surface area contributed by atoms with Crippen LogP contribution in [0.5, 0.6) is 17.2 Å². The molecule has 2 aromatic carbocycles. The van der Waals surface area contributed by atoms with Gasteiger partial charge in [0.05, 0.1) is 34.0 Å². The molecule has 0 radical (unpaired) electrons. The van der Waals surface area contributed by atoms with E-state index < -0.39 is 35.5 Å². The Morgan fingerprint density at radius 1 is 0.946 bits per heavy atom. The number of dihydropyridines is 1. The number of carbonyl (C=O) groups is 3. The van der Waals surface area contributed by atoms with Gasteiger partial charge in [0.25, 0.3) is 0 Å². The van der Waals surface area contributed by atoms with Crippen molar-refractivity contribution in [2.24, 2.45) is 5.92 Å². The van der Waals surface area contributed by atoms with Crippen LogP contribution >= 0.6 is 0 Å². The quantitative estimate of drug-likeness (QED) is 0.448. The first-order valence-electron chi connectivity index (χ1n) is 11.7. The molecule has 1 aliphatic carbocycles. The maximum atomic E-state index is 14.2. The fourth-order valence-electron chi connectivity index (χ4n) is 5.18. The van der Waals surface area contributed by atoms with Gasteiger partial charge in [-0.25, -0.2) is 4.79 Å². The highest BCUT2D eigenvalue weighted by atomic mass is 16.5. The molecule has 1 heterocycles. The molecule has 0 aromatic heterocycles. The summed E-state index contributed by atoms with van der Waals surface area (Å²) in [5.74, 6) is -3.46. The van der Waals surface area contributed by atoms with E-state index in [4.69, 9.17) is 18.9 Å². The van der Waals surface area contributed by atoms with Gasteiger partial charge in [0, 0.05) is 28.8 Å². The predicted octanol–water partition coefficient (Wildman–Crippen LogP) is 3.34. The van der Waals surface area contributed by atoms with Crippen LogP contribution in [0.3, 0.4) is 0 Å². The van der Waals surface area contributed by atoms with E-state index in [-0.39, 0.29) is 22.6 Å². The normalized spacial score (nSPS) is 21.1. The molecule has 2 N–H and O–H groups in total. The summed E-state index contributed by atoms with van der Waals surface area (Å²) in [6, 6.07) is 11.8. The summed E-state index contributed by atoms with van der Waals surface area (Å²) in [6.07, 6.45) is 0.324. The summed E-state index contributed by atoms with van der Waals surface area (Å²) in [6.45, 7) is 1.74. The van der Waals surface area contributed by atoms with Gasteiger partial charge in [0.15, 0.2) is 17.3 Å². The molecular weight excluding hydrogens is 478 g/mol. The maximum absolute atomic E-state index is 14.2. The molecule has 9 heteroatoms. The number of rotatable bonds is 6. The Morgan fingerprint density at radius 3 is 2.22 bits per heavy atom. The average molecular weight is 508 g/mol. The highest BCUT2D eigenvalue weighted by molar-refractivity contribution is 6.13. The highest BCUT2D eigenvalue weighted by Gasteiger charge is 2.49. The van der Waals surface area contributed by atoms with Crippen LogP contribution in [0.2, 0.25) is 0 Å². The van der Waals surface area contributed by atoms with E-state index in [1.54, 1.807) is 38.3 Å². The summed E-state index contributed by atoms with van der Waals surface area (Å²) in [5, 5.41) is 13.4. The molecule has 2 aromatic rings. The molecular formula is C28H29NO8. The number of esters is 2. The lowest BCUT2D eigenvalue weighted by molar-refractivity contribution is -0.150. The second-order valence-corrected chi connectivity index (χ2v) is 8.86. The molecule has 1 aliphatic heterocycles. The molecule has 37 heavy (non-hydrogen) atoms. The molecule has 0 fully saturated rings. The minimum absolute atomic E-state index is 0.0864. The van der Waals surface area contributed by atoms with Gasteiger partial charge in [-0.05, 0) is 48.7 Å². The lowest BCUT2D eigenvalue weighted by atomic mass is 9.67. The minimum Gasteiger partial charge on any atom is -0.504 e. The molecule has 0 spiro atoms. The molecule has 0 saturated heterocycles. The third kappa shape index (κ3) is 4.52. The standard InChI is InChI=1S/C28H29NO8/c1-14-22(27(32)36-4)23(16-8-11-20(30)21(12-16)35-3)25-19(29-14)13-18(24(26(25)31)28(33)37-5)15-6-9-17(34-2)10-7-15/h6-12,18,23-24,29-30H,13H2,1-5H3. The summed E-state index contributed by atoms with van der Waals surface area (Å²) >= 11 is 0. The second-order valence-electron chi connectivity index (χ2n) is 8.86. The number of phenols is 1. The zero-order valence-electron chi connectivity index (χ0n) is 21.3. The number of hydrogen-bond acceptors (Lipinski definition) is 9. The average Bonchev–Trinajstić information content (AvgIpc) is 2.91. The van der Waals surface area contributed by atoms with Crippen LogP contribution in [-0.4, -0.2) is 51.3 Å². The smallest absolute Gasteiger partial charge is 0.336 e. The van der Waals surface area contributed by atoms with E-state index in [2.05, 4.69) is 5.32 Å². The summed E-state index contributed by atoms with van der Waals surface area (Å²) < 4.78 is 20.6. The Hall–Kier alpha value is -4.27. The van der Waals surface area contributed by atoms with Crippen LogP contribution in [0.4, 0.5) is 0 Å². The Labute approximate surface area is 214 Å². The first-order valence-corrected chi connectivity index (χ1v) is 11.7. The van der Waals surface area contributed by atoms with Crippen molar-refractivity contribution in [2.45, 2.75) is 25.2 Å². The van der Waals surface area contributed by atoms with Crippen LogP contribution in [0.1, 0.15) is 36.3 Å². The van der Waals surface area contributed by atoms with Gasteiger partial charge in [-0.15, -0.1) is 0 Å². The first kappa shape index (κ1) is 25.8. The van der Waals surface area contributed by atoms with Gasteiger partial charge in [-0.2, -0.15) is 0 Å². The summed E-state index contributed by atoms with van der Waals surface area (Å²) in [5.41, 5.74) is 2.95. The largest absolute Gasteiger partial charge is 0.504 e. The minimum atomic E-state index is -1.13. The number of benzene rings is 2. The van der Waals surface area contributed by atoms with Crippen molar-refractivity contribution in [1.29, 1.82) is 0 Å². The van der Waals surface area contributed by atoms with Gasteiger partial charge in [0.1, 0.15) is 11.7 Å². The predicted molar refractivity (Wildman–Crippen MR) is 133 cm³/mol. The third-order valence-electron chi connectivity index (χ3n) is 6.96. The van der Waals surface area contributed by atoms with Crippen molar-refractivity contribution in [3.05, 3.63) is 76.1 Å². The lowest BCUT2D eigenvalue weighted by Crippen LogP contribution is -2.43. The van der Waals surface area contributed by atoms with E-state index >= 15 is 0 Å². The van der Waals surface area contributed by atoms with Gasteiger partial charge in [-0.1, -0.05) is 18.2 Å². The molecule has 3 atom stereocenters. The van der Waals surface area contributed by atoms with Crippen LogP contribution in [-0.2, 0) is 23.9 Å². The van der Waals surface area contributed by atoms with Crippen molar-refractivity contribution >= 4 is 17.7 Å². The second kappa shape index (κ2) is 10.4. The fraction of sp³-hybridized carbons (Fsp3) is 0.321. The number of Topliss-reactive ketones (excluding diaryl/α,β-unsaturated/α-hetero) is 1. The Kier molecular flexibility index (Phi) is 7.24. The molecule has 0 bridgehead atoms. The molecule has 194 valence electrons.